The predicted octanol–water partition coefficient (Wildman–Crippen LogP) is 3.11. The Balaban J connectivity index is 2.01. The highest BCUT2D eigenvalue weighted by Gasteiger charge is 2.21. The zero-order valence-electron chi connectivity index (χ0n) is 11.2. The third-order valence-electron chi connectivity index (χ3n) is 2.64. The molecular formula is C12H14Br2N2O3S2. The van der Waals surface area contributed by atoms with Gasteiger partial charge in [-0.1, -0.05) is 0 Å². The quantitative estimate of drug-likeness (QED) is 0.670. The zero-order valence-corrected chi connectivity index (χ0v) is 16.0. The van der Waals surface area contributed by atoms with Crippen molar-refractivity contribution in [1.82, 2.24) is 10.0 Å². The van der Waals surface area contributed by atoms with Gasteiger partial charge >= 0.3 is 0 Å². The molecule has 2 aromatic heterocycles. The monoisotopic (exact) mass is 456 g/mol. The maximum absolute atomic E-state index is 12.2. The molecule has 0 aromatic carbocycles. The van der Waals surface area contributed by atoms with Crippen LogP contribution in [0.4, 0.5) is 0 Å². The van der Waals surface area contributed by atoms with Crippen LogP contribution in [0, 0.1) is 0 Å². The first-order valence-electron chi connectivity index (χ1n) is 6.09. The molecule has 0 radical (unpaired) electrons. The Morgan fingerprint density at radius 3 is 2.71 bits per heavy atom. The lowest BCUT2D eigenvalue weighted by molar-refractivity contribution is 0.470. The summed E-state index contributed by atoms with van der Waals surface area (Å²) in [7, 11) is -1.81. The molecule has 9 heteroatoms. The van der Waals surface area contributed by atoms with Crippen LogP contribution in [0.15, 0.2) is 36.0 Å². The maximum atomic E-state index is 12.2. The Bertz CT molecular complexity index is 710. The Kier molecular flexibility index (Phi) is 6.04. The first-order valence-corrected chi connectivity index (χ1v) is 9.97. The molecule has 0 saturated carbocycles. The molecule has 0 atom stereocenters. The fourth-order valence-corrected chi connectivity index (χ4v) is 5.23. The number of hydrogen-bond donors (Lipinski definition) is 2. The van der Waals surface area contributed by atoms with E-state index >= 15 is 0 Å². The number of sulfonamides is 1. The molecule has 0 saturated heterocycles. The number of halogens is 2. The van der Waals surface area contributed by atoms with Crippen LogP contribution in [0.5, 0.6) is 0 Å². The molecule has 0 spiro atoms. The first-order chi connectivity index (χ1) is 9.92. The van der Waals surface area contributed by atoms with Crippen molar-refractivity contribution in [2.24, 2.45) is 0 Å². The van der Waals surface area contributed by atoms with E-state index in [0.717, 1.165) is 8.66 Å². The van der Waals surface area contributed by atoms with E-state index in [1.54, 1.807) is 18.4 Å². The lowest BCUT2D eigenvalue weighted by Gasteiger charge is -2.03. The summed E-state index contributed by atoms with van der Waals surface area (Å²) in [5.74, 6) is 0.562. The summed E-state index contributed by atoms with van der Waals surface area (Å²) in [5.41, 5.74) is 0. The minimum atomic E-state index is -3.58. The van der Waals surface area contributed by atoms with Gasteiger partial charge in [-0.05, 0) is 57.5 Å². The fraction of sp³-hybridized carbons (Fsp3) is 0.333. The molecule has 2 rings (SSSR count). The second kappa shape index (κ2) is 7.38. The fourth-order valence-electron chi connectivity index (χ4n) is 1.71. The van der Waals surface area contributed by atoms with E-state index in [-0.39, 0.29) is 9.56 Å². The third-order valence-corrected chi connectivity index (χ3v) is 6.64. The average Bonchev–Trinajstić information content (AvgIpc) is 2.96. The number of rotatable bonds is 7. The predicted molar refractivity (Wildman–Crippen MR) is 90.1 cm³/mol. The lowest BCUT2D eigenvalue weighted by Crippen LogP contribution is -2.25. The van der Waals surface area contributed by atoms with Gasteiger partial charge in [0, 0.05) is 17.5 Å². The van der Waals surface area contributed by atoms with Gasteiger partial charge in [0.1, 0.15) is 10.7 Å². The van der Waals surface area contributed by atoms with E-state index in [0.29, 0.717) is 25.3 Å². The van der Waals surface area contributed by atoms with Gasteiger partial charge in [-0.25, -0.2) is 13.1 Å². The molecule has 0 aliphatic rings. The van der Waals surface area contributed by atoms with Gasteiger partial charge in [0.25, 0.3) is 0 Å². The van der Waals surface area contributed by atoms with Crippen LogP contribution in [-0.2, 0) is 23.0 Å². The second-order valence-corrected chi connectivity index (χ2v) is 9.24. The van der Waals surface area contributed by atoms with Crippen LogP contribution < -0.4 is 10.0 Å². The standard InChI is InChI=1S/C12H14Br2N2O3S2/c1-15-7-8-6-10(12(14)19-8)21(17,18)16-5-4-9-2-3-11(13)20-9/h2-3,6,15-16H,4-5,7H2,1H3. The van der Waals surface area contributed by atoms with Crippen LogP contribution in [0.2, 0.25) is 0 Å². The summed E-state index contributed by atoms with van der Waals surface area (Å²) < 4.78 is 33.7. The van der Waals surface area contributed by atoms with Crippen molar-refractivity contribution in [2.75, 3.05) is 13.6 Å². The highest BCUT2D eigenvalue weighted by molar-refractivity contribution is 9.11. The van der Waals surface area contributed by atoms with Crippen LogP contribution in [0.1, 0.15) is 10.6 Å². The zero-order chi connectivity index (χ0) is 15.5. The van der Waals surface area contributed by atoms with E-state index in [2.05, 4.69) is 41.9 Å². The van der Waals surface area contributed by atoms with Crippen molar-refractivity contribution >= 4 is 53.2 Å². The molecule has 116 valence electrons. The molecule has 2 N–H and O–H groups in total. The SMILES string of the molecule is CNCc1cc(S(=O)(=O)NCCc2ccc(Br)s2)c(Br)o1. The summed E-state index contributed by atoms with van der Waals surface area (Å²) in [6.45, 7) is 0.811. The molecule has 0 unspecified atom stereocenters. The molecule has 5 nitrogen and oxygen atoms in total. The van der Waals surface area contributed by atoms with E-state index in [1.807, 2.05) is 12.1 Å². The Labute approximate surface area is 144 Å². The van der Waals surface area contributed by atoms with E-state index in [1.165, 1.54) is 6.07 Å². The number of furan rings is 1. The summed E-state index contributed by atoms with van der Waals surface area (Å²) in [6, 6.07) is 5.44. The normalized spacial score (nSPS) is 12.0. The van der Waals surface area contributed by atoms with Crippen molar-refractivity contribution in [3.8, 4) is 0 Å². The number of hydrogen-bond acceptors (Lipinski definition) is 5. The first kappa shape index (κ1) is 17.2. The van der Waals surface area contributed by atoms with Crippen LogP contribution in [0.3, 0.4) is 0 Å². The van der Waals surface area contributed by atoms with Gasteiger partial charge in [0.15, 0.2) is 4.67 Å². The Hall–Kier alpha value is -0.190. The van der Waals surface area contributed by atoms with E-state index in [9.17, 15) is 8.42 Å². The minimum absolute atomic E-state index is 0.125. The molecule has 2 aromatic rings. The highest BCUT2D eigenvalue weighted by atomic mass is 79.9. The molecule has 0 aliphatic heterocycles. The maximum Gasteiger partial charge on any atom is 0.244 e. The lowest BCUT2D eigenvalue weighted by atomic mass is 10.3. The largest absolute Gasteiger partial charge is 0.452 e. The van der Waals surface area contributed by atoms with Crippen LogP contribution in [0.25, 0.3) is 0 Å². The molecule has 0 amide bonds. The van der Waals surface area contributed by atoms with Gasteiger partial charge in [-0.3, -0.25) is 0 Å². The summed E-state index contributed by atoms with van der Waals surface area (Å²) in [4.78, 5) is 1.24. The molecular weight excluding hydrogens is 444 g/mol. The molecule has 21 heavy (non-hydrogen) atoms. The topological polar surface area (TPSA) is 71.3 Å². The van der Waals surface area contributed by atoms with Gasteiger partial charge in [-0.15, -0.1) is 11.3 Å². The summed E-state index contributed by atoms with van der Waals surface area (Å²) in [6.07, 6.45) is 0.647. The van der Waals surface area contributed by atoms with Crippen molar-refractivity contribution in [3.63, 3.8) is 0 Å². The van der Waals surface area contributed by atoms with Gasteiger partial charge < -0.3 is 9.73 Å². The molecule has 0 aliphatic carbocycles. The second-order valence-electron chi connectivity index (χ2n) is 4.23. The van der Waals surface area contributed by atoms with E-state index in [4.69, 9.17) is 4.42 Å². The molecule has 0 bridgehead atoms. The molecule has 0 fully saturated rings. The van der Waals surface area contributed by atoms with Crippen LogP contribution in [-0.4, -0.2) is 22.0 Å². The minimum Gasteiger partial charge on any atom is -0.452 e. The average molecular weight is 458 g/mol. The summed E-state index contributed by atoms with van der Waals surface area (Å²) in [5, 5.41) is 2.91. The van der Waals surface area contributed by atoms with Crippen molar-refractivity contribution in [3.05, 3.63) is 37.3 Å². The van der Waals surface area contributed by atoms with Gasteiger partial charge in [-0.2, -0.15) is 0 Å². The summed E-state index contributed by atoms with van der Waals surface area (Å²) >= 11 is 8.12. The van der Waals surface area contributed by atoms with Gasteiger partial charge in [0.05, 0.1) is 10.3 Å². The Morgan fingerprint density at radius 1 is 1.33 bits per heavy atom. The van der Waals surface area contributed by atoms with Crippen LogP contribution >= 0.6 is 43.2 Å². The Morgan fingerprint density at radius 2 is 2.10 bits per heavy atom. The molecule has 2 heterocycles. The van der Waals surface area contributed by atoms with Gasteiger partial charge in [0.2, 0.25) is 10.0 Å². The van der Waals surface area contributed by atoms with Crippen molar-refractivity contribution in [2.45, 2.75) is 17.9 Å². The number of nitrogens with one attached hydrogen (secondary N) is 2. The van der Waals surface area contributed by atoms with Crippen molar-refractivity contribution < 1.29 is 12.8 Å². The number of thiophene rings is 1. The third kappa shape index (κ3) is 4.64. The van der Waals surface area contributed by atoms with E-state index < -0.39 is 10.0 Å². The van der Waals surface area contributed by atoms with Crippen molar-refractivity contribution in [1.29, 1.82) is 0 Å². The highest BCUT2D eigenvalue weighted by Crippen LogP contribution is 2.26. The smallest absolute Gasteiger partial charge is 0.244 e.